The predicted octanol–water partition coefficient (Wildman–Crippen LogP) is 2.22. The van der Waals surface area contributed by atoms with Crippen LogP contribution in [0, 0.1) is 6.92 Å². The second-order valence-electron chi connectivity index (χ2n) is 5.20. The molecule has 1 aliphatic rings. The quantitative estimate of drug-likeness (QED) is 0.913. The van der Waals surface area contributed by atoms with Gasteiger partial charge in [-0.3, -0.25) is 0 Å². The lowest BCUT2D eigenvalue weighted by Crippen LogP contribution is -2.41. The van der Waals surface area contributed by atoms with Gasteiger partial charge in [-0.25, -0.2) is 8.42 Å². The van der Waals surface area contributed by atoms with Gasteiger partial charge in [-0.1, -0.05) is 24.3 Å². The molecule has 0 aliphatic carbocycles. The average Bonchev–Trinajstić information content (AvgIpc) is 2.28. The largest absolute Gasteiger partial charge is 0.306 e. The second kappa shape index (κ2) is 5.41. The molecule has 2 unspecified atom stereocenters. The Bertz CT molecular complexity index is 510. The zero-order valence-corrected chi connectivity index (χ0v) is 11.8. The molecule has 2 rings (SSSR count). The van der Waals surface area contributed by atoms with Gasteiger partial charge in [0, 0.05) is 12.1 Å². The third-order valence-electron chi connectivity index (χ3n) is 3.60. The van der Waals surface area contributed by atoms with Crippen molar-refractivity contribution in [3.05, 3.63) is 35.4 Å². The molecule has 1 aliphatic heterocycles. The molecule has 3 nitrogen and oxygen atoms in total. The second-order valence-corrected chi connectivity index (χ2v) is 7.43. The van der Waals surface area contributed by atoms with Gasteiger partial charge in [-0.2, -0.15) is 0 Å². The van der Waals surface area contributed by atoms with E-state index in [9.17, 15) is 8.42 Å². The molecule has 1 aromatic rings. The molecule has 4 heteroatoms. The maximum Gasteiger partial charge on any atom is 0.151 e. The zero-order valence-electron chi connectivity index (χ0n) is 11.0. The molecule has 1 heterocycles. The molecule has 0 amide bonds. The van der Waals surface area contributed by atoms with Crippen molar-refractivity contribution in [2.24, 2.45) is 0 Å². The van der Waals surface area contributed by atoms with Crippen molar-refractivity contribution in [1.29, 1.82) is 0 Å². The van der Waals surface area contributed by atoms with Crippen molar-refractivity contribution in [1.82, 2.24) is 5.32 Å². The van der Waals surface area contributed by atoms with Gasteiger partial charge in [-0.05, 0) is 37.8 Å². The Kier molecular flexibility index (Phi) is 4.07. The van der Waals surface area contributed by atoms with Gasteiger partial charge in [0.1, 0.15) is 0 Å². The van der Waals surface area contributed by atoms with Crippen LogP contribution in [-0.4, -0.2) is 26.0 Å². The van der Waals surface area contributed by atoms with E-state index in [0.717, 1.165) is 12.8 Å². The van der Waals surface area contributed by atoms with E-state index in [1.165, 1.54) is 11.1 Å². The van der Waals surface area contributed by atoms with Gasteiger partial charge in [0.25, 0.3) is 0 Å². The van der Waals surface area contributed by atoms with Crippen molar-refractivity contribution in [2.45, 2.75) is 38.8 Å². The predicted molar refractivity (Wildman–Crippen MR) is 74.4 cm³/mol. The minimum atomic E-state index is -2.83. The highest BCUT2D eigenvalue weighted by Crippen LogP contribution is 2.20. The van der Waals surface area contributed by atoms with Crippen LogP contribution in [0.4, 0.5) is 0 Å². The highest BCUT2D eigenvalue weighted by molar-refractivity contribution is 7.91. The molecule has 2 atom stereocenters. The van der Waals surface area contributed by atoms with E-state index in [4.69, 9.17) is 0 Å². The van der Waals surface area contributed by atoms with Gasteiger partial charge >= 0.3 is 0 Å². The van der Waals surface area contributed by atoms with E-state index in [0.29, 0.717) is 5.75 Å². The Labute approximate surface area is 110 Å². The molecule has 1 N–H and O–H groups in total. The summed E-state index contributed by atoms with van der Waals surface area (Å²) in [5, 5.41) is 3.45. The summed E-state index contributed by atoms with van der Waals surface area (Å²) in [7, 11) is -2.83. The SMILES string of the molecule is Cc1ccccc1C(C)NC1CCCS(=O)(=O)C1. The summed E-state index contributed by atoms with van der Waals surface area (Å²) in [6.07, 6.45) is 1.73. The number of sulfone groups is 1. The fraction of sp³-hybridized carbons (Fsp3) is 0.571. The van der Waals surface area contributed by atoms with E-state index >= 15 is 0 Å². The minimum absolute atomic E-state index is 0.0957. The number of aryl methyl sites for hydroxylation is 1. The van der Waals surface area contributed by atoms with Crippen LogP contribution in [0.15, 0.2) is 24.3 Å². The van der Waals surface area contributed by atoms with Gasteiger partial charge in [0.2, 0.25) is 0 Å². The van der Waals surface area contributed by atoms with Crippen molar-refractivity contribution < 1.29 is 8.42 Å². The molecule has 0 saturated carbocycles. The Balaban J connectivity index is 2.04. The smallest absolute Gasteiger partial charge is 0.151 e. The maximum absolute atomic E-state index is 11.6. The Morgan fingerprint density at radius 1 is 1.33 bits per heavy atom. The summed E-state index contributed by atoms with van der Waals surface area (Å²) >= 11 is 0. The van der Waals surface area contributed by atoms with E-state index in [1.807, 2.05) is 12.1 Å². The van der Waals surface area contributed by atoms with Crippen LogP contribution in [-0.2, 0) is 9.84 Å². The molecule has 0 aromatic heterocycles. The minimum Gasteiger partial charge on any atom is -0.306 e. The lowest BCUT2D eigenvalue weighted by atomic mass is 10.0. The van der Waals surface area contributed by atoms with E-state index in [2.05, 4.69) is 31.3 Å². The van der Waals surface area contributed by atoms with Gasteiger partial charge in [0.05, 0.1) is 11.5 Å². The Morgan fingerprint density at radius 2 is 2.06 bits per heavy atom. The normalized spacial score (nSPS) is 24.7. The first kappa shape index (κ1) is 13.6. The van der Waals surface area contributed by atoms with E-state index in [1.54, 1.807) is 0 Å². The average molecular weight is 267 g/mol. The molecule has 1 aromatic carbocycles. The Morgan fingerprint density at radius 3 is 2.72 bits per heavy atom. The molecule has 0 radical (unpaired) electrons. The van der Waals surface area contributed by atoms with Gasteiger partial charge < -0.3 is 5.32 Å². The number of hydrogen-bond donors (Lipinski definition) is 1. The highest BCUT2D eigenvalue weighted by Gasteiger charge is 2.25. The summed E-state index contributed by atoms with van der Waals surface area (Å²) in [5.41, 5.74) is 2.50. The molecule has 1 fully saturated rings. The zero-order chi connectivity index (χ0) is 13.2. The molecule has 1 saturated heterocycles. The van der Waals surface area contributed by atoms with Crippen LogP contribution in [0.3, 0.4) is 0 Å². The van der Waals surface area contributed by atoms with Crippen LogP contribution >= 0.6 is 0 Å². The van der Waals surface area contributed by atoms with E-state index < -0.39 is 9.84 Å². The third kappa shape index (κ3) is 3.33. The lowest BCUT2D eigenvalue weighted by Gasteiger charge is -2.27. The molecule has 0 spiro atoms. The monoisotopic (exact) mass is 267 g/mol. The molecule has 0 bridgehead atoms. The number of hydrogen-bond acceptors (Lipinski definition) is 3. The first-order chi connectivity index (χ1) is 8.48. The van der Waals surface area contributed by atoms with Crippen molar-refractivity contribution in [3.8, 4) is 0 Å². The third-order valence-corrected chi connectivity index (χ3v) is 5.42. The van der Waals surface area contributed by atoms with Crippen molar-refractivity contribution in [3.63, 3.8) is 0 Å². The summed E-state index contributed by atoms with van der Waals surface area (Å²) in [5.74, 6) is 0.632. The number of benzene rings is 1. The van der Waals surface area contributed by atoms with Gasteiger partial charge in [-0.15, -0.1) is 0 Å². The molecule has 18 heavy (non-hydrogen) atoms. The topological polar surface area (TPSA) is 46.2 Å². The number of rotatable bonds is 3. The summed E-state index contributed by atoms with van der Waals surface area (Å²) in [6.45, 7) is 4.19. The first-order valence-electron chi connectivity index (χ1n) is 6.50. The Hall–Kier alpha value is -0.870. The summed E-state index contributed by atoms with van der Waals surface area (Å²) in [4.78, 5) is 0. The van der Waals surface area contributed by atoms with E-state index in [-0.39, 0.29) is 17.8 Å². The van der Waals surface area contributed by atoms with Crippen LogP contribution in [0.1, 0.15) is 36.9 Å². The lowest BCUT2D eigenvalue weighted by molar-refractivity contribution is 0.436. The van der Waals surface area contributed by atoms with Crippen LogP contribution < -0.4 is 5.32 Å². The fourth-order valence-electron chi connectivity index (χ4n) is 2.67. The van der Waals surface area contributed by atoms with Crippen LogP contribution in [0.2, 0.25) is 0 Å². The molecule has 100 valence electrons. The molecular formula is C14H21NO2S. The van der Waals surface area contributed by atoms with Crippen LogP contribution in [0.5, 0.6) is 0 Å². The molecular weight excluding hydrogens is 246 g/mol. The maximum atomic E-state index is 11.6. The highest BCUT2D eigenvalue weighted by atomic mass is 32.2. The van der Waals surface area contributed by atoms with Crippen LogP contribution in [0.25, 0.3) is 0 Å². The fourth-order valence-corrected chi connectivity index (χ4v) is 4.32. The van der Waals surface area contributed by atoms with Crippen molar-refractivity contribution in [2.75, 3.05) is 11.5 Å². The standard InChI is InChI=1S/C14H21NO2S/c1-11-6-3-4-8-14(11)12(2)15-13-7-5-9-18(16,17)10-13/h3-4,6,8,12-13,15H,5,7,9-10H2,1-2H3. The number of nitrogens with one attached hydrogen (secondary N) is 1. The summed E-state index contributed by atoms with van der Waals surface area (Å²) < 4.78 is 23.2. The first-order valence-corrected chi connectivity index (χ1v) is 8.32. The van der Waals surface area contributed by atoms with Crippen molar-refractivity contribution >= 4 is 9.84 Å². The summed E-state index contributed by atoms with van der Waals surface area (Å²) in [6, 6.07) is 8.53. The van der Waals surface area contributed by atoms with Gasteiger partial charge in [0.15, 0.2) is 9.84 Å².